The summed E-state index contributed by atoms with van der Waals surface area (Å²) in [6.07, 6.45) is 0.615. The van der Waals surface area contributed by atoms with E-state index in [4.69, 9.17) is 23.2 Å². The molecule has 28 heavy (non-hydrogen) atoms. The predicted octanol–water partition coefficient (Wildman–Crippen LogP) is 4.49. The van der Waals surface area contributed by atoms with Crippen molar-refractivity contribution in [3.8, 4) is 11.3 Å². The third-order valence-electron chi connectivity index (χ3n) is 4.71. The maximum Gasteiger partial charge on any atom is 0.288 e. The number of nitro benzene ring substituents is 1. The molecule has 7 nitrogen and oxygen atoms in total. The second-order valence-electron chi connectivity index (χ2n) is 6.44. The summed E-state index contributed by atoms with van der Waals surface area (Å²) in [5.74, 6) is -0.288. The van der Waals surface area contributed by atoms with Crippen molar-refractivity contribution in [2.24, 2.45) is 0 Å². The predicted molar refractivity (Wildman–Crippen MR) is 106 cm³/mol. The van der Waals surface area contributed by atoms with Crippen molar-refractivity contribution in [2.75, 3.05) is 6.54 Å². The molecule has 4 rings (SSSR count). The van der Waals surface area contributed by atoms with Crippen molar-refractivity contribution in [1.82, 2.24) is 15.1 Å². The summed E-state index contributed by atoms with van der Waals surface area (Å²) in [7, 11) is 0. The highest BCUT2D eigenvalue weighted by atomic mass is 35.5. The Labute approximate surface area is 170 Å². The highest BCUT2D eigenvalue weighted by Crippen LogP contribution is 2.31. The summed E-state index contributed by atoms with van der Waals surface area (Å²) >= 11 is 11.9. The van der Waals surface area contributed by atoms with Crippen molar-refractivity contribution in [2.45, 2.75) is 13.0 Å². The normalized spacial score (nSPS) is 13.3. The SMILES string of the molecule is O=C(c1ccc(Cl)c([N+](=O)[O-])c1)N1CCc2[nH]nc(-c3cccc(Cl)c3)c2C1. The zero-order valence-electron chi connectivity index (χ0n) is 14.5. The lowest BCUT2D eigenvalue weighted by Gasteiger charge is -2.27. The average molecular weight is 417 g/mol. The minimum absolute atomic E-state index is 0.000516. The number of aromatic nitrogens is 2. The molecule has 0 aliphatic carbocycles. The number of nitrogens with zero attached hydrogens (tertiary/aromatic N) is 3. The van der Waals surface area contributed by atoms with Gasteiger partial charge in [-0.3, -0.25) is 20.0 Å². The minimum atomic E-state index is -0.596. The number of carbonyl (C=O) groups excluding carboxylic acids is 1. The van der Waals surface area contributed by atoms with Crippen LogP contribution in [0.15, 0.2) is 42.5 Å². The Bertz CT molecular complexity index is 1100. The topological polar surface area (TPSA) is 92.1 Å². The lowest BCUT2D eigenvalue weighted by Crippen LogP contribution is -2.36. The number of hydrogen-bond donors (Lipinski definition) is 1. The van der Waals surface area contributed by atoms with E-state index in [0.29, 0.717) is 24.5 Å². The minimum Gasteiger partial charge on any atom is -0.334 e. The summed E-state index contributed by atoms with van der Waals surface area (Å²) in [4.78, 5) is 25.1. The molecule has 2 heterocycles. The van der Waals surface area contributed by atoms with Crippen molar-refractivity contribution >= 4 is 34.8 Å². The molecular formula is C19H14Cl2N4O3. The molecule has 0 unspecified atom stereocenters. The molecular weight excluding hydrogens is 403 g/mol. The van der Waals surface area contributed by atoms with Gasteiger partial charge in [0.25, 0.3) is 11.6 Å². The van der Waals surface area contributed by atoms with E-state index in [1.165, 1.54) is 18.2 Å². The lowest BCUT2D eigenvalue weighted by atomic mass is 10.0. The van der Waals surface area contributed by atoms with Crippen LogP contribution in [0.1, 0.15) is 21.6 Å². The zero-order valence-corrected chi connectivity index (χ0v) is 16.0. The molecule has 1 aromatic heterocycles. The van der Waals surface area contributed by atoms with E-state index >= 15 is 0 Å². The Morgan fingerprint density at radius 1 is 1.21 bits per heavy atom. The Kier molecular flexibility index (Phi) is 4.78. The van der Waals surface area contributed by atoms with Crippen LogP contribution < -0.4 is 0 Å². The van der Waals surface area contributed by atoms with Gasteiger partial charge < -0.3 is 4.90 Å². The Morgan fingerprint density at radius 3 is 2.79 bits per heavy atom. The van der Waals surface area contributed by atoms with Crippen molar-refractivity contribution in [3.05, 3.63) is 79.4 Å². The van der Waals surface area contributed by atoms with Gasteiger partial charge in [0.2, 0.25) is 0 Å². The molecule has 0 saturated heterocycles. The van der Waals surface area contributed by atoms with Crippen molar-refractivity contribution in [3.63, 3.8) is 0 Å². The molecule has 3 aromatic rings. The van der Waals surface area contributed by atoms with Crippen LogP contribution in [0.25, 0.3) is 11.3 Å². The van der Waals surface area contributed by atoms with Gasteiger partial charge in [-0.05, 0) is 24.3 Å². The zero-order chi connectivity index (χ0) is 19.8. The van der Waals surface area contributed by atoms with Gasteiger partial charge in [-0.2, -0.15) is 5.10 Å². The molecule has 0 spiro atoms. The van der Waals surface area contributed by atoms with Crippen LogP contribution >= 0.6 is 23.2 Å². The highest BCUT2D eigenvalue weighted by Gasteiger charge is 2.27. The van der Waals surface area contributed by atoms with Crippen molar-refractivity contribution < 1.29 is 9.72 Å². The van der Waals surface area contributed by atoms with Crippen LogP contribution in [0.2, 0.25) is 10.0 Å². The van der Waals surface area contributed by atoms with Gasteiger partial charge in [-0.25, -0.2) is 0 Å². The van der Waals surface area contributed by atoms with Gasteiger partial charge in [-0.15, -0.1) is 0 Å². The summed E-state index contributed by atoms with van der Waals surface area (Å²) in [6.45, 7) is 0.836. The number of amides is 1. The molecule has 0 saturated carbocycles. The second-order valence-corrected chi connectivity index (χ2v) is 7.28. The molecule has 0 bridgehead atoms. The first-order valence-electron chi connectivity index (χ1n) is 8.49. The van der Waals surface area contributed by atoms with E-state index in [9.17, 15) is 14.9 Å². The molecule has 1 amide bonds. The molecule has 0 atom stereocenters. The Morgan fingerprint density at radius 2 is 2.04 bits per heavy atom. The first kappa shape index (κ1) is 18.5. The molecule has 0 radical (unpaired) electrons. The fourth-order valence-corrected chi connectivity index (χ4v) is 3.69. The average Bonchev–Trinajstić information content (AvgIpc) is 3.11. The molecule has 1 aliphatic rings. The fourth-order valence-electron chi connectivity index (χ4n) is 3.31. The molecule has 142 valence electrons. The van der Waals surface area contributed by atoms with E-state index in [1.54, 1.807) is 11.0 Å². The van der Waals surface area contributed by atoms with E-state index < -0.39 is 4.92 Å². The first-order valence-corrected chi connectivity index (χ1v) is 9.25. The van der Waals surface area contributed by atoms with Crippen LogP contribution in [0.4, 0.5) is 5.69 Å². The third-order valence-corrected chi connectivity index (χ3v) is 5.26. The lowest BCUT2D eigenvalue weighted by molar-refractivity contribution is -0.384. The van der Waals surface area contributed by atoms with Gasteiger partial charge in [0.05, 0.1) is 10.6 Å². The summed E-state index contributed by atoms with van der Waals surface area (Å²) < 4.78 is 0. The monoisotopic (exact) mass is 416 g/mol. The number of aromatic amines is 1. The fraction of sp³-hybridized carbons (Fsp3) is 0.158. The van der Waals surface area contributed by atoms with Gasteiger partial charge in [0.1, 0.15) is 5.02 Å². The van der Waals surface area contributed by atoms with Crippen molar-refractivity contribution in [1.29, 1.82) is 0 Å². The molecule has 1 N–H and O–H groups in total. The van der Waals surface area contributed by atoms with Gasteiger partial charge in [0, 0.05) is 53.0 Å². The van der Waals surface area contributed by atoms with E-state index in [2.05, 4.69) is 10.2 Å². The first-order chi connectivity index (χ1) is 13.4. The number of nitro groups is 1. The Hall–Kier alpha value is -2.90. The molecule has 2 aromatic carbocycles. The maximum absolute atomic E-state index is 12.9. The number of hydrogen-bond acceptors (Lipinski definition) is 4. The number of halogens is 2. The quantitative estimate of drug-likeness (QED) is 0.502. The van der Waals surface area contributed by atoms with Crippen LogP contribution in [0.5, 0.6) is 0 Å². The van der Waals surface area contributed by atoms with Gasteiger partial charge in [-0.1, -0.05) is 35.3 Å². The molecule has 0 fully saturated rings. The Balaban J connectivity index is 1.64. The van der Waals surface area contributed by atoms with E-state index in [0.717, 1.165) is 22.5 Å². The molecule has 1 aliphatic heterocycles. The standard InChI is InChI=1S/C19H14Cl2N4O3/c20-13-3-1-2-11(8-13)18-14-10-24(7-6-16(14)22-23-18)19(26)12-4-5-15(21)17(9-12)25(27)28/h1-5,8-9H,6-7,10H2,(H,22,23). The number of rotatable bonds is 3. The van der Waals surface area contributed by atoms with E-state index in [-0.39, 0.29) is 22.2 Å². The highest BCUT2D eigenvalue weighted by molar-refractivity contribution is 6.32. The number of H-pyrrole nitrogens is 1. The number of benzene rings is 2. The molecule has 9 heteroatoms. The van der Waals surface area contributed by atoms with E-state index in [1.807, 2.05) is 18.2 Å². The maximum atomic E-state index is 12.9. The second kappa shape index (κ2) is 7.26. The third kappa shape index (κ3) is 3.34. The van der Waals surface area contributed by atoms with Gasteiger partial charge >= 0.3 is 0 Å². The number of fused-ring (bicyclic) bond motifs is 1. The van der Waals surface area contributed by atoms with Crippen LogP contribution in [0, 0.1) is 10.1 Å². The summed E-state index contributed by atoms with van der Waals surface area (Å²) in [6, 6.07) is 11.4. The van der Waals surface area contributed by atoms with Crippen LogP contribution in [0.3, 0.4) is 0 Å². The summed E-state index contributed by atoms with van der Waals surface area (Å²) in [5.41, 5.74) is 3.45. The number of nitrogens with one attached hydrogen (secondary N) is 1. The van der Waals surface area contributed by atoms with Gasteiger partial charge in [0.15, 0.2) is 0 Å². The summed E-state index contributed by atoms with van der Waals surface area (Å²) in [5, 5.41) is 19.1. The number of carbonyl (C=O) groups is 1. The largest absolute Gasteiger partial charge is 0.334 e. The van der Waals surface area contributed by atoms with Crippen LogP contribution in [-0.4, -0.2) is 32.5 Å². The smallest absolute Gasteiger partial charge is 0.288 e. The van der Waals surface area contributed by atoms with Crippen LogP contribution in [-0.2, 0) is 13.0 Å².